The van der Waals surface area contributed by atoms with Crippen molar-refractivity contribution in [3.8, 4) is 11.5 Å². The summed E-state index contributed by atoms with van der Waals surface area (Å²) >= 11 is 0. The Morgan fingerprint density at radius 2 is 0.940 bits per heavy atom. The monoisotopic (exact) mass is 1150 g/mol. The average Bonchev–Trinajstić information content (AvgIpc) is 3.70. The molecule has 18 heteroatoms. The molecular weight excluding hydrogens is 1060 g/mol. The van der Waals surface area contributed by atoms with Gasteiger partial charge in [-0.25, -0.2) is 14.4 Å². The molecule has 6 aromatic rings. The number of rotatable bonds is 22. The highest BCUT2D eigenvalue weighted by Gasteiger charge is 2.30. The fourth-order valence-corrected chi connectivity index (χ4v) is 9.61. The van der Waals surface area contributed by atoms with Crippen molar-refractivity contribution in [2.24, 2.45) is 17.6 Å². The lowest BCUT2D eigenvalue weighted by molar-refractivity contribution is -0.148. The van der Waals surface area contributed by atoms with Gasteiger partial charge in [0.1, 0.15) is 53.6 Å². The van der Waals surface area contributed by atoms with E-state index in [4.69, 9.17) is 20.0 Å². The molecule has 5 N–H and O–H groups in total. The number of ketones is 2. The Kier molecular flexibility index (Phi) is 26.7. The number of carbonyl (C=O) groups is 6. The predicted molar refractivity (Wildman–Crippen MR) is 326 cm³/mol. The molecule has 0 aliphatic carbocycles. The first-order chi connectivity index (χ1) is 40.5. The summed E-state index contributed by atoms with van der Waals surface area (Å²) in [6.45, 7) is 14.9. The molecule has 2 aliphatic heterocycles. The van der Waals surface area contributed by atoms with Crippen molar-refractivity contribution in [1.29, 1.82) is 0 Å². The van der Waals surface area contributed by atoms with Crippen molar-refractivity contribution in [1.82, 2.24) is 40.9 Å². The van der Waals surface area contributed by atoms with Gasteiger partial charge in [-0.15, -0.1) is 5.10 Å². The van der Waals surface area contributed by atoms with Gasteiger partial charge in [0, 0.05) is 26.2 Å². The Balaban J connectivity index is 0.000000212. The molecule has 0 saturated carbocycles. The fourth-order valence-electron chi connectivity index (χ4n) is 9.61. The number of amides is 5. The zero-order chi connectivity index (χ0) is 60.2. The van der Waals surface area contributed by atoms with Crippen molar-refractivity contribution in [2.75, 3.05) is 26.2 Å². The number of ether oxygens (including phenoxy) is 2. The van der Waals surface area contributed by atoms with Crippen molar-refractivity contribution >= 4 is 46.5 Å². The van der Waals surface area contributed by atoms with E-state index >= 15 is 0 Å². The standard InChI is InChI=1S/C30H41N3O4.C19H27N5O3.C17H19NO2/c1-22(2)19-28(32-30(36)33-17-9-4-5-10-18-33)29(35)31-27(23(3)34)20-24-13-15-26(16-14-24)37-21-25-11-7-6-8-12-25;1-14(2)13-16(20-19(26)23-11-7-3-4-8-12-23)18(25)27-24-17-10-6-5-9-15(17)21-22-24;1-13(19)17(18)11-14-7-9-16(10-8-14)20-12-15-5-3-2-4-6-15/h6-8,11-16,22,27-28H,4-5,9-10,17-21H2,1-3H3,(H,31,35)(H,32,36);5-6,9-10,14,16H,3-4,7-8,11-13H2,1-2H3,(H,20,26);2-10,17H,11-12,18H2,1H3. The van der Waals surface area contributed by atoms with Gasteiger partial charge in [-0.05, 0) is 141 Å². The van der Waals surface area contributed by atoms with Gasteiger partial charge in [-0.2, -0.15) is 0 Å². The number of benzene rings is 5. The van der Waals surface area contributed by atoms with Crippen LogP contribution in [0.15, 0.2) is 133 Å². The molecule has 18 nitrogen and oxygen atoms in total. The smallest absolute Gasteiger partial charge is 0.357 e. The largest absolute Gasteiger partial charge is 0.489 e. The second kappa shape index (κ2) is 34.5. The van der Waals surface area contributed by atoms with Crippen molar-refractivity contribution in [3.05, 3.63) is 156 Å². The molecule has 5 aromatic carbocycles. The molecule has 1 aromatic heterocycles. The summed E-state index contributed by atoms with van der Waals surface area (Å²) < 4.78 is 11.5. The summed E-state index contributed by atoms with van der Waals surface area (Å²) in [7, 11) is 0. The fraction of sp³-hybridized carbons (Fsp3) is 0.455. The minimum absolute atomic E-state index is 0.00871. The molecule has 0 spiro atoms. The van der Waals surface area contributed by atoms with Crippen LogP contribution in [0.25, 0.3) is 11.0 Å². The average molecular weight is 1150 g/mol. The number of urea groups is 2. The Morgan fingerprint density at radius 3 is 1.40 bits per heavy atom. The van der Waals surface area contributed by atoms with Gasteiger partial charge in [0.05, 0.1) is 12.1 Å². The Bertz CT molecular complexity index is 2960. The molecule has 5 amide bonds. The van der Waals surface area contributed by atoms with Crippen LogP contribution in [-0.2, 0) is 45.2 Å². The summed E-state index contributed by atoms with van der Waals surface area (Å²) in [6, 6.07) is 39.6. The van der Waals surface area contributed by atoms with E-state index in [0.29, 0.717) is 63.0 Å². The third kappa shape index (κ3) is 22.6. The van der Waals surface area contributed by atoms with Crippen LogP contribution in [0.5, 0.6) is 11.5 Å². The number of aromatic nitrogens is 3. The van der Waals surface area contributed by atoms with E-state index in [2.05, 4.69) is 26.3 Å². The molecule has 4 atom stereocenters. The molecule has 0 radical (unpaired) electrons. The van der Waals surface area contributed by atoms with Gasteiger partial charge in [0.25, 0.3) is 0 Å². The SMILES string of the molecule is CC(=O)C(Cc1ccc(OCc2ccccc2)cc1)NC(=O)C(CC(C)C)NC(=O)N1CCCCCC1.CC(=O)C(N)Cc1ccc(OCc2ccccc2)cc1.CC(C)CC(NC(=O)N1CCCCCC1)C(=O)On1nnc2ccccc21. The highest BCUT2D eigenvalue weighted by Crippen LogP contribution is 2.19. The number of para-hydroxylation sites is 1. The molecule has 8 rings (SSSR count). The minimum atomic E-state index is -0.733. The lowest BCUT2D eigenvalue weighted by atomic mass is 10.00. The predicted octanol–water partition coefficient (Wildman–Crippen LogP) is 9.99. The van der Waals surface area contributed by atoms with Crippen LogP contribution in [0.2, 0.25) is 0 Å². The number of fused-ring (bicyclic) bond motifs is 1. The van der Waals surface area contributed by atoms with Gasteiger partial charge in [-0.1, -0.05) is 155 Å². The maximum absolute atomic E-state index is 13.2. The zero-order valence-electron chi connectivity index (χ0n) is 49.9. The number of carbonyl (C=O) groups excluding carboxylic acids is 6. The van der Waals surface area contributed by atoms with Crippen LogP contribution in [0.4, 0.5) is 9.59 Å². The van der Waals surface area contributed by atoms with E-state index in [0.717, 1.165) is 103 Å². The van der Waals surface area contributed by atoms with Gasteiger partial charge < -0.3 is 45.8 Å². The highest BCUT2D eigenvalue weighted by atomic mass is 16.7. The van der Waals surface area contributed by atoms with E-state index in [9.17, 15) is 28.8 Å². The first kappa shape index (κ1) is 65.0. The lowest BCUT2D eigenvalue weighted by Gasteiger charge is -2.27. The molecule has 2 aliphatic rings. The third-order valence-corrected chi connectivity index (χ3v) is 14.5. The topological polar surface area (TPSA) is 229 Å². The maximum atomic E-state index is 13.2. The Labute approximate surface area is 495 Å². The van der Waals surface area contributed by atoms with Crippen LogP contribution in [0.1, 0.15) is 128 Å². The van der Waals surface area contributed by atoms with E-state index < -0.39 is 30.1 Å². The molecule has 2 saturated heterocycles. The number of likely N-dealkylation sites (tertiary alicyclic amines) is 2. The van der Waals surface area contributed by atoms with Crippen LogP contribution in [0, 0.1) is 11.8 Å². The van der Waals surface area contributed by atoms with Crippen molar-refractivity contribution < 1.29 is 43.1 Å². The number of nitrogens with two attached hydrogens (primary N) is 1. The minimum Gasteiger partial charge on any atom is -0.489 e. The number of Topliss-reactive ketones (excluding diaryl/α,β-unsaturated/α-hetero) is 2. The maximum Gasteiger partial charge on any atom is 0.357 e. The van der Waals surface area contributed by atoms with E-state index in [1.165, 1.54) is 13.8 Å². The molecule has 450 valence electrons. The number of nitrogens with zero attached hydrogens (tertiary/aromatic N) is 5. The van der Waals surface area contributed by atoms with Gasteiger partial charge in [0.2, 0.25) is 5.91 Å². The number of nitrogens with one attached hydrogen (secondary N) is 3. The van der Waals surface area contributed by atoms with Crippen LogP contribution in [-0.4, -0.2) is 111 Å². The summed E-state index contributed by atoms with van der Waals surface area (Å²) in [6.07, 6.45) is 10.4. The molecule has 3 heterocycles. The van der Waals surface area contributed by atoms with E-state index in [-0.39, 0.29) is 41.4 Å². The molecule has 2 fully saturated rings. The molecule has 0 bridgehead atoms. The normalized spacial score (nSPS) is 14.8. The lowest BCUT2D eigenvalue weighted by Crippen LogP contribution is -2.54. The second-order valence-corrected chi connectivity index (χ2v) is 22.6. The van der Waals surface area contributed by atoms with Gasteiger partial charge >= 0.3 is 18.0 Å². The van der Waals surface area contributed by atoms with E-state index in [1.54, 1.807) is 21.9 Å². The molecule has 84 heavy (non-hydrogen) atoms. The second-order valence-electron chi connectivity index (χ2n) is 22.6. The van der Waals surface area contributed by atoms with Crippen LogP contribution in [0.3, 0.4) is 0 Å². The quantitative estimate of drug-likeness (QED) is 0.0466. The zero-order valence-corrected chi connectivity index (χ0v) is 49.9. The summed E-state index contributed by atoms with van der Waals surface area (Å²) in [5.74, 6) is 1.01. The first-order valence-corrected chi connectivity index (χ1v) is 29.7. The van der Waals surface area contributed by atoms with E-state index in [1.807, 2.05) is 149 Å². The van der Waals surface area contributed by atoms with Gasteiger partial charge in [0.15, 0.2) is 5.78 Å². The molecular formula is C66H87N9O9. The summed E-state index contributed by atoms with van der Waals surface area (Å²) in [5.41, 5.74) is 11.2. The van der Waals surface area contributed by atoms with Crippen LogP contribution < -0.4 is 36.0 Å². The Hall–Kier alpha value is -8.12. The van der Waals surface area contributed by atoms with Crippen LogP contribution >= 0.6 is 0 Å². The summed E-state index contributed by atoms with van der Waals surface area (Å²) in [4.78, 5) is 85.2. The highest BCUT2D eigenvalue weighted by molar-refractivity contribution is 5.92. The van der Waals surface area contributed by atoms with Crippen molar-refractivity contribution in [3.63, 3.8) is 0 Å². The summed E-state index contributed by atoms with van der Waals surface area (Å²) in [5, 5.41) is 16.5. The van der Waals surface area contributed by atoms with Gasteiger partial charge in [-0.3, -0.25) is 14.4 Å². The molecule has 4 unspecified atom stereocenters. The number of hydrogen-bond acceptors (Lipinski definition) is 12. The number of hydrogen-bond donors (Lipinski definition) is 4. The Morgan fingerprint density at radius 1 is 0.500 bits per heavy atom. The first-order valence-electron chi connectivity index (χ1n) is 29.7. The van der Waals surface area contributed by atoms with Crippen molar-refractivity contribution in [2.45, 2.75) is 156 Å². The third-order valence-electron chi connectivity index (χ3n) is 14.5.